The number of esters is 1. The first kappa shape index (κ1) is 7.25. The second kappa shape index (κ2) is 1.51. The first-order chi connectivity index (χ1) is 7.27. The molecule has 0 heterocycles. The van der Waals surface area contributed by atoms with E-state index in [0.717, 1.165) is 6.41 Å². The van der Waals surface area contributed by atoms with Crippen LogP contribution in [0.25, 0.3) is 0 Å². The molecule has 0 atom stereocenters. The first-order valence-electron chi connectivity index (χ1n) is 5.57. The van der Waals surface area contributed by atoms with Crippen molar-refractivity contribution < 1.29 is 14.3 Å². The molecule has 0 unspecified atom stereocenters. The Morgan fingerprint density at radius 2 is 1.73 bits per heavy atom. The van der Waals surface area contributed by atoms with E-state index in [1.807, 2.05) is 0 Å². The Balaban J connectivity index is 1.54. The van der Waals surface area contributed by atoms with Crippen molar-refractivity contribution in [3.8, 4) is 0 Å². The largest absolute Gasteiger partial charge is 0.469 e. The molecule has 1 N–H and O–H groups in total. The first-order valence-corrected chi connectivity index (χ1v) is 5.57. The summed E-state index contributed by atoms with van der Waals surface area (Å²) in [5.74, 6) is 3.52. The average molecular weight is 205 g/mol. The van der Waals surface area contributed by atoms with Gasteiger partial charge in [-0.25, -0.2) is 0 Å². The van der Waals surface area contributed by atoms with Crippen molar-refractivity contribution in [1.29, 1.82) is 0 Å². The summed E-state index contributed by atoms with van der Waals surface area (Å²) in [6.45, 7) is 0. The van der Waals surface area contributed by atoms with Gasteiger partial charge in [0.15, 0.2) is 0 Å². The number of carbonyl (C=O) groups is 2. The van der Waals surface area contributed by atoms with Gasteiger partial charge in [0.05, 0.1) is 18.1 Å². The molecule has 6 aliphatic rings. The van der Waals surface area contributed by atoms with Gasteiger partial charge in [0.25, 0.3) is 0 Å². The van der Waals surface area contributed by atoms with Crippen LogP contribution in [0.5, 0.6) is 0 Å². The van der Waals surface area contributed by atoms with E-state index in [4.69, 9.17) is 4.74 Å². The zero-order chi connectivity index (χ0) is 10.2. The molecule has 4 heteroatoms. The minimum Gasteiger partial charge on any atom is -0.469 e. The third-order valence-corrected chi connectivity index (χ3v) is 6.48. The third kappa shape index (κ3) is 0.308. The van der Waals surface area contributed by atoms with E-state index in [0.29, 0.717) is 35.5 Å². The molecule has 0 aromatic rings. The van der Waals surface area contributed by atoms with Crippen molar-refractivity contribution in [2.24, 2.45) is 40.9 Å². The SMILES string of the molecule is COC(=O)C12C3C4C1C1C2C3C41NC=O. The van der Waals surface area contributed by atoms with Crippen LogP contribution in [0.3, 0.4) is 0 Å². The van der Waals surface area contributed by atoms with Gasteiger partial charge in [-0.2, -0.15) is 0 Å². The van der Waals surface area contributed by atoms with Crippen molar-refractivity contribution in [2.45, 2.75) is 5.54 Å². The van der Waals surface area contributed by atoms with E-state index in [-0.39, 0.29) is 16.9 Å². The summed E-state index contributed by atoms with van der Waals surface area (Å²) in [6, 6.07) is 0. The van der Waals surface area contributed by atoms with E-state index in [9.17, 15) is 9.59 Å². The molecule has 0 aromatic heterocycles. The third-order valence-electron chi connectivity index (χ3n) is 6.48. The Bertz CT molecular complexity index is 390. The van der Waals surface area contributed by atoms with Gasteiger partial charge >= 0.3 is 5.97 Å². The normalized spacial score (nSPS) is 72.1. The van der Waals surface area contributed by atoms with E-state index >= 15 is 0 Å². The van der Waals surface area contributed by atoms with Gasteiger partial charge in [0, 0.05) is 0 Å². The maximum Gasteiger partial charge on any atom is 0.312 e. The van der Waals surface area contributed by atoms with Gasteiger partial charge in [0.2, 0.25) is 6.41 Å². The van der Waals surface area contributed by atoms with Gasteiger partial charge in [-0.05, 0) is 35.5 Å². The van der Waals surface area contributed by atoms with Gasteiger partial charge in [-0.1, -0.05) is 0 Å². The topological polar surface area (TPSA) is 55.4 Å². The smallest absolute Gasteiger partial charge is 0.312 e. The fourth-order valence-electron chi connectivity index (χ4n) is 6.50. The van der Waals surface area contributed by atoms with Gasteiger partial charge in [-0.15, -0.1) is 0 Å². The molecule has 0 aliphatic heterocycles. The zero-order valence-corrected chi connectivity index (χ0v) is 8.27. The molecule has 6 fully saturated rings. The van der Waals surface area contributed by atoms with E-state index in [2.05, 4.69) is 5.32 Å². The molecule has 0 radical (unpaired) electrons. The predicted molar refractivity (Wildman–Crippen MR) is 47.3 cm³/mol. The van der Waals surface area contributed by atoms with Crippen molar-refractivity contribution in [3.63, 3.8) is 0 Å². The molecule has 4 nitrogen and oxygen atoms in total. The minimum atomic E-state index is -0.0684. The van der Waals surface area contributed by atoms with Crippen LogP contribution in [0.4, 0.5) is 0 Å². The Labute approximate surface area is 86.3 Å². The van der Waals surface area contributed by atoms with Crippen LogP contribution in [-0.2, 0) is 14.3 Å². The number of nitrogens with one attached hydrogen (secondary N) is 1. The summed E-state index contributed by atoms with van der Waals surface area (Å²) < 4.78 is 4.92. The number of carbonyl (C=O) groups excluding carboxylic acids is 2. The Morgan fingerprint density at radius 3 is 2.13 bits per heavy atom. The lowest BCUT2D eigenvalue weighted by molar-refractivity contribution is -0.609. The quantitative estimate of drug-likeness (QED) is 0.494. The highest BCUT2D eigenvalue weighted by molar-refractivity contribution is 5.89. The summed E-state index contributed by atoms with van der Waals surface area (Å²) >= 11 is 0. The summed E-state index contributed by atoms with van der Waals surface area (Å²) in [6.07, 6.45) is 0.839. The van der Waals surface area contributed by atoms with E-state index < -0.39 is 0 Å². The van der Waals surface area contributed by atoms with E-state index in [1.165, 1.54) is 7.11 Å². The number of hydrogen-bond acceptors (Lipinski definition) is 3. The average Bonchev–Trinajstić information content (AvgIpc) is 2.29. The highest BCUT2D eigenvalue weighted by Crippen LogP contribution is 3.07. The molecule has 6 aliphatic carbocycles. The molecule has 6 rings (SSSR count). The standard InChI is InChI=1S/C11H11NO3/c1-15-9(14)10-3-6-4(10)8-5(10)7(3)11(6,8)12-2-13/h2-8H,1H3,(H,12,13). The van der Waals surface area contributed by atoms with Crippen LogP contribution in [0.1, 0.15) is 0 Å². The Morgan fingerprint density at radius 1 is 1.20 bits per heavy atom. The fourth-order valence-corrected chi connectivity index (χ4v) is 6.50. The lowest BCUT2D eigenvalue weighted by Gasteiger charge is -3.09. The van der Waals surface area contributed by atoms with Crippen LogP contribution >= 0.6 is 0 Å². The molecule has 0 spiro atoms. The van der Waals surface area contributed by atoms with Crippen molar-refractivity contribution in [3.05, 3.63) is 0 Å². The number of amides is 1. The van der Waals surface area contributed by atoms with Gasteiger partial charge in [-0.3, -0.25) is 9.59 Å². The Kier molecular flexibility index (Phi) is 0.731. The highest BCUT2D eigenvalue weighted by Gasteiger charge is 3.12. The monoisotopic (exact) mass is 205 g/mol. The molecule has 0 saturated heterocycles. The Hall–Kier alpha value is -1.06. The molecule has 78 valence electrons. The summed E-state index contributed by atoms with van der Waals surface area (Å²) in [5.41, 5.74) is 0.0819. The molecular weight excluding hydrogens is 194 g/mol. The second-order valence-corrected chi connectivity index (χ2v) is 5.77. The van der Waals surface area contributed by atoms with E-state index in [1.54, 1.807) is 0 Å². The zero-order valence-electron chi connectivity index (χ0n) is 8.27. The molecule has 0 aromatic carbocycles. The highest BCUT2D eigenvalue weighted by atomic mass is 16.5. The lowest BCUT2D eigenvalue weighted by atomic mass is 8.94. The molecule has 1 amide bonds. The lowest BCUT2D eigenvalue weighted by Crippen LogP contribution is -3.15. The van der Waals surface area contributed by atoms with Crippen LogP contribution in [0.2, 0.25) is 0 Å². The van der Waals surface area contributed by atoms with Crippen molar-refractivity contribution in [1.82, 2.24) is 5.32 Å². The second-order valence-electron chi connectivity index (χ2n) is 5.77. The summed E-state index contributed by atoms with van der Waals surface area (Å²) in [7, 11) is 1.49. The van der Waals surface area contributed by atoms with Crippen LogP contribution in [0.15, 0.2) is 0 Å². The van der Waals surface area contributed by atoms with Crippen molar-refractivity contribution in [2.75, 3.05) is 7.11 Å². The fraction of sp³-hybridized carbons (Fsp3) is 0.818. The van der Waals surface area contributed by atoms with Crippen LogP contribution in [0, 0.1) is 40.9 Å². The van der Waals surface area contributed by atoms with Gasteiger partial charge in [0.1, 0.15) is 0 Å². The molecule has 15 heavy (non-hydrogen) atoms. The molecule has 6 saturated carbocycles. The number of rotatable bonds is 3. The predicted octanol–water partition coefficient (Wildman–Crippen LogP) is -0.604. The number of ether oxygens (including phenoxy) is 1. The maximum atomic E-state index is 11.7. The van der Waals surface area contributed by atoms with Crippen molar-refractivity contribution >= 4 is 12.4 Å². The molecule has 0 bridgehead atoms. The molecular formula is C11H11NO3. The summed E-state index contributed by atoms with van der Waals surface area (Å²) in [4.78, 5) is 22.3. The number of methoxy groups -OCH3 is 1. The minimum absolute atomic E-state index is 0.0191. The van der Waals surface area contributed by atoms with Crippen LogP contribution < -0.4 is 5.32 Å². The van der Waals surface area contributed by atoms with Crippen LogP contribution in [-0.4, -0.2) is 25.0 Å². The maximum absolute atomic E-state index is 11.7. The number of hydrogen-bond donors (Lipinski definition) is 1. The van der Waals surface area contributed by atoms with Gasteiger partial charge < -0.3 is 10.1 Å². The summed E-state index contributed by atoms with van der Waals surface area (Å²) in [5, 5.41) is 3.01.